The SMILES string of the molecule is Cc1cccc2c1sc1c2ccc2c3ccccc3sc21. The molecule has 21 heavy (non-hydrogen) atoms. The van der Waals surface area contributed by atoms with Gasteiger partial charge in [0.1, 0.15) is 0 Å². The van der Waals surface area contributed by atoms with Crippen molar-refractivity contribution in [1.29, 1.82) is 0 Å². The summed E-state index contributed by atoms with van der Waals surface area (Å²) in [5, 5.41) is 5.58. The molecule has 0 aliphatic carbocycles. The Hall–Kier alpha value is -1.90. The fraction of sp³-hybridized carbons (Fsp3) is 0.0526. The second kappa shape index (κ2) is 4.06. The molecule has 5 rings (SSSR count). The molecule has 100 valence electrons. The van der Waals surface area contributed by atoms with Crippen LogP contribution in [0.2, 0.25) is 0 Å². The average Bonchev–Trinajstić information content (AvgIpc) is 3.06. The number of benzene rings is 3. The van der Waals surface area contributed by atoms with Crippen LogP contribution in [0.4, 0.5) is 0 Å². The quantitative estimate of drug-likeness (QED) is 0.297. The lowest BCUT2D eigenvalue weighted by atomic mass is 10.1. The lowest BCUT2D eigenvalue weighted by Crippen LogP contribution is -1.70. The summed E-state index contributed by atoms with van der Waals surface area (Å²) in [6.07, 6.45) is 0. The normalized spacial score (nSPS) is 12.0. The average molecular weight is 304 g/mol. The number of rotatable bonds is 0. The first-order chi connectivity index (χ1) is 10.3. The van der Waals surface area contributed by atoms with Gasteiger partial charge in [-0.1, -0.05) is 48.5 Å². The van der Waals surface area contributed by atoms with Crippen molar-refractivity contribution in [2.45, 2.75) is 6.92 Å². The summed E-state index contributed by atoms with van der Waals surface area (Å²) in [5.41, 5.74) is 1.38. The highest BCUT2D eigenvalue weighted by atomic mass is 32.1. The minimum Gasteiger partial charge on any atom is -0.134 e. The molecule has 2 heteroatoms. The van der Waals surface area contributed by atoms with Crippen molar-refractivity contribution < 1.29 is 0 Å². The van der Waals surface area contributed by atoms with Crippen molar-refractivity contribution in [1.82, 2.24) is 0 Å². The highest BCUT2D eigenvalue weighted by Crippen LogP contribution is 2.44. The fourth-order valence-corrected chi connectivity index (χ4v) is 5.79. The van der Waals surface area contributed by atoms with E-state index in [9.17, 15) is 0 Å². The Balaban J connectivity index is 2.09. The number of fused-ring (bicyclic) bond motifs is 7. The van der Waals surface area contributed by atoms with E-state index in [0.29, 0.717) is 0 Å². The van der Waals surface area contributed by atoms with Crippen LogP contribution in [-0.2, 0) is 0 Å². The van der Waals surface area contributed by atoms with E-state index in [4.69, 9.17) is 0 Å². The first-order valence-electron chi connectivity index (χ1n) is 7.05. The minimum absolute atomic E-state index is 1.38. The lowest BCUT2D eigenvalue weighted by molar-refractivity contribution is 1.56. The predicted molar refractivity (Wildman–Crippen MR) is 97.0 cm³/mol. The second-order valence-corrected chi connectivity index (χ2v) is 7.54. The van der Waals surface area contributed by atoms with Gasteiger partial charge in [0.25, 0.3) is 0 Å². The van der Waals surface area contributed by atoms with Crippen LogP contribution >= 0.6 is 22.7 Å². The molecule has 0 bridgehead atoms. The van der Waals surface area contributed by atoms with E-state index in [1.54, 1.807) is 0 Å². The van der Waals surface area contributed by atoms with Crippen LogP contribution in [-0.4, -0.2) is 0 Å². The molecule has 0 aliphatic heterocycles. The van der Waals surface area contributed by atoms with Crippen molar-refractivity contribution in [3.63, 3.8) is 0 Å². The van der Waals surface area contributed by atoms with Gasteiger partial charge in [0.15, 0.2) is 0 Å². The van der Waals surface area contributed by atoms with Gasteiger partial charge in [-0.3, -0.25) is 0 Å². The van der Waals surface area contributed by atoms with Gasteiger partial charge in [0.2, 0.25) is 0 Å². The Bertz CT molecular complexity index is 1140. The molecule has 2 heterocycles. The fourth-order valence-electron chi connectivity index (χ4n) is 3.18. The third-order valence-electron chi connectivity index (χ3n) is 4.21. The zero-order valence-corrected chi connectivity index (χ0v) is 13.1. The Morgan fingerprint density at radius 1 is 0.571 bits per heavy atom. The Labute approximate surface area is 130 Å². The number of hydrogen-bond acceptors (Lipinski definition) is 2. The van der Waals surface area contributed by atoms with Crippen molar-refractivity contribution in [3.05, 3.63) is 60.2 Å². The summed E-state index contributed by atoms with van der Waals surface area (Å²) < 4.78 is 5.69. The molecule has 3 aromatic carbocycles. The molecule has 0 aliphatic rings. The molecule has 0 unspecified atom stereocenters. The Morgan fingerprint density at radius 3 is 2.14 bits per heavy atom. The molecular weight excluding hydrogens is 292 g/mol. The molecule has 0 amide bonds. The van der Waals surface area contributed by atoms with E-state index in [1.807, 2.05) is 22.7 Å². The van der Waals surface area contributed by atoms with Gasteiger partial charge in [0.05, 0.1) is 9.40 Å². The molecule has 2 aromatic heterocycles. The largest absolute Gasteiger partial charge is 0.134 e. The monoisotopic (exact) mass is 304 g/mol. The van der Waals surface area contributed by atoms with Crippen molar-refractivity contribution in [2.24, 2.45) is 0 Å². The Morgan fingerprint density at radius 2 is 1.24 bits per heavy atom. The first kappa shape index (κ1) is 11.7. The van der Waals surface area contributed by atoms with E-state index in [0.717, 1.165) is 0 Å². The maximum Gasteiger partial charge on any atom is 0.0534 e. The van der Waals surface area contributed by atoms with Crippen molar-refractivity contribution in [2.75, 3.05) is 0 Å². The highest BCUT2D eigenvalue weighted by molar-refractivity contribution is 7.33. The molecule has 0 fully saturated rings. The molecule has 0 atom stereocenters. The van der Waals surface area contributed by atoms with Gasteiger partial charge in [-0.05, 0) is 18.6 Å². The second-order valence-electron chi connectivity index (χ2n) is 5.47. The zero-order chi connectivity index (χ0) is 14.0. The van der Waals surface area contributed by atoms with Crippen LogP contribution in [0.25, 0.3) is 40.3 Å². The Kier molecular flexibility index (Phi) is 2.27. The maximum absolute atomic E-state index is 2.30. The van der Waals surface area contributed by atoms with Gasteiger partial charge >= 0.3 is 0 Å². The summed E-state index contributed by atoms with van der Waals surface area (Å²) in [6, 6.07) is 19.9. The molecule has 0 N–H and O–H groups in total. The van der Waals surface area contributed by atoms with Crippen molar-refractivity contribution >= 4 is 63.0 Å². The number of aryl methyl sites for hydroxylation is 1. The van der Waals surface area contributed by atoms with Crippen molar-refractivity contribution in [3.8, 4) is 0 Å². The third-order valence-corrected chi connectivity index (χ3v) is 6.92. The van der Waals surface area contributed by atoms with Gasteiger partial charge in [0, 0.05) is 30.9 Å². The van der Waals surface area contributed by atoms with E-state index in [1.165, 1.54) is 45.9 Å². The summed E-state index contributed by atoms with van der Waals surface area (Å²) in [6.45, 7) is 2.21. The summed E-state index contributed by atoms with van der Waals surface area (Å²) in [7, 11) is 0. The predicted octanol–water partition coefficient (Wildman–Crippen LogP) is 6.73. The molecule has 0 saturated carbocycles. The van der Waals surface area contributed by atoms with Gasteiger partial charge in [-0.25, -0.2) is 0 Å². The van der Waals surface area contributed by atoms with Crippen LogP contribution in [0.5, 0.6) is 0 Å². The standard InChI is InChI=1S/C19H12S2/c1-11-5-4-7-13-15-10-9-14-12-6-2-3-8-16(12)20-18(14)19(15)21-17(11)13/h2-10H,1H3. The lowest BCUT2D eigenvalue weighted by Gasteiger charge is -1.95. The molecular formula is C19H12S2. The van der Waals surface area contributed by atoms with E-state index >= 15 is 0 Å². The minimum atomic E-state index is 1.38. The first-order valence-corrected chi connectivity index (χ1v) is 8.68. The summed E-state index contributed by atoms with van der Waals surface area (Å²) in [5.74, 6) is 0. The number of hydrogen-bond donors (Lipinski definition) is 0. The zero-order valence-electron chi connectivity index (χ0n) is 11.5. The van der Waals surface area contributed by atoms with Crippen LogP contribution in [0.3, 0.4) is 0 Å². The number of thiophene rings is 2. The van der Waals surface area contributed by atoms with Gasteiger partial charge in [-0.2, -0.15) is 0 Å². The highest BCUT2D eigenvalue weighted by Gasteiger charge is 2.12. The molecule has 0 saturated heterocycles. The molecule has 0 nitrogen and oxygen atoms in total. The van der Waals surface area contributed by atoms with Crippen LogP contribution < -0.4 is 0 Å². The van der Waals surface area contributed by atoms with E-state index < -0.39 is 0 Å². The maximum atomic E-state index is 2.30. The molecule has 5 aromatic rings. The van der Waals surface area contributed by atoms with E-state index in [2.05, 4.69) is 61.5 Å². The van der Waals surface area contributed by atoms with Crippen LogP contribution in [0, 0.1) is 6.92 Å². The van der Waals surface area contributed by atoms with Gasteiger partial charge < -0.3 is 0 Å². The molecule has 0 spiro atoms. The third kappa shape index (κ3) is 1.49. The molecule has 0 radical (unpaired) electrons. The van der Waals surface area contributed by atoms with Crippen LogP contribution in [0.1, 0.15) is 5.56 Å². The summed E-state index contributed by atoms with van der Waals surface area (Å²) >= 11 is 3.87. The van der Waals surface area contributed by atoms with E-state index in [-0.39, 0.29) is 0 Å². The van der Waals surface area contributed by atoms with Gasteiger partial charge in [-0.15, -0.1) is 22.7 Å². The van der Waals surface area contributed by atoms with Crippen LogP contribution in [0.15, 0.2) is 54.6 Å². The summed E-state index contributed by atoms with van der Waals surface area (Å²) in [4.78, 5) is 0. The topological polar surface area (TPSA) is 0 Å². The smallest absolute Gasteiger partial charge is 0.0534 e.